The van der Waals surface area contributed by atoms with Crippen molar-refractivity contribution >= 4 is 34.8 Å². The Balaban J connectivity index is 1.30. The molecule has 1 aromatic heterocycles. The summed E-state index contributed by atoms with van der Waals surface area (Å²) in [5.74, 6) is 1.44. The molecule has 3 aliphatic rings. The molecule has 3 aliphatic heterocycles. The fourth-order valence-electron chi connectivity index (χ4n) is 5.78. The maximum absolute atomic E-state index is 13.7. The van der Waals surface area contributed by atoms with Gasteiger partial charge in [-0.25, -0.2) is 0 Å². The summed E-state index contributed by atoms with van der Waals surface area (Å²) in [6, 6.07) is 18.9. The van der Waals surface area contributed by atoms with Crippen LogP contribution in [0.15, 0.2) is 65.5 Å². The molecule has 35 heavy (non-hydrogen) atoms. The van der Waals surface area contributed by atoms with Gasteiger partial charge in [-0.15, -0.1) is 0 Å². The largest absolute Gasteiger partial charge is 0.497 e. The molecular formula is C28H26ClN3O3. The number of carbonyl (C=O) groups is 1. The highest BCUT2D eigenvalue weighted by molar-refractivity contribution is 6.37. The van der Waals surface area contributed by atoms with Crippen molar-refractivity contribution in [2.45, 2.75) is 18.9 Å². The number of rotatable bonds is 4. The predicted octanol–water partition coefficient (Wildman–Crippen LogP) is 4.47. The summed E-state index contributed by atoms with van der Waals surface area (Å²) in [7, 11) is 1.64. The summed E-state index contributed by atoms with van der Waals surface area (Å²) in [6.45, 7) is 2.91. The Morgan fingerprint density at radius 1 is 1.03 bits per heavy atom. The summed E-state index contributed by atoms with van der Waals surface area (Å²) in [4.78, 5) is 30.2. The number of piperidine rings is 1. The van der Waals surface area contributed by atoms with E-state index < -0.39 is 0 Å². The number of halogens is 1. The molecule has 178 valence electrons. The Kier molecular flexibility index (Phi) is 5.50. The van der Waals surface area contributed by atoms with Crippen LogP contribution in [0.5, 0.6) is 5.75 Å². The van der Waals surface area contributed by atoms with Gasteiger partial charge in [0, 0.05) is 53.5 Å². The van der Waals surface area contributed by atoms with Crippen molar-refractivity contribution in [2.75, 3.05) is 31.8 Å². The van der Waals surface area contributed by atoms with Gasteiger partial charge in [-0.2, -0.15) is 0 Å². The molecule has 1 saturated heterocycles. The molecule has 2 atom stereocenters. The molecule has 0 radical (unpaired) electrons. The summed E-state index contributed by atoms with van der Waals surface area (Å²) < 4.78 is 7.19. The van der Waals surface area contributed by atoms with Gasteiger partial charge in [0.15, 0.2) is 0 Å². The number of fused-ring (bicyclic) bond motifs is 5. The van der Waals surface area contributed by atoms with Gasteiger partial charge in [-0.1, -0.05) is 35.9 Å². The number of methoxy groups -OCH3 is 1. The minimum Gasteiger partial charge on any atom is -0.497 e. The van der Waals surface area contributed by atoms with Crippen molar-refractivity contribution in [3.63, 3.8) is 0 Å². The van der Waals surface area contributed by atoms with Crippen LogP contribution >= 0.6 is 11.6 Å². The Labute approximate surface area is 209 Å². The molecule has 3 aromatic rings. The van der Waals surface area contributed by atoms with E-state index in [2.05, 4.69) is 11.0 Å². The zero-order chi connectivity index (χ0) is 24.1. The second-order valence-electron chi connectivity index (χ2n) is 9.60. The SMILES string of the molecule is COc1ccc(/C=C2\C(=O)N(CN3C[C@H]4C[C@@H](C3)c3cccc(=O)n3C4)c3cc(Cl)ccc32)cc1. The minimum atomic E-state index is -0.0227. The van der Waals surface area contributed by atoms with Gasteiger partial charge >= 0.3 is 0 Å². The molecule has 6 rings (SSSR count). The summed E-state index contributed by atoms with van der Waals surface area (Å²) in [6.07, 6.45) is 3.01. The number of pyridine rings is 1. The third-order valence-corrected chi connectivity index (χ3v) is 7.58. The van der Waals surface area contributed by atoms with Crippen LogP contribution in [-0.4, -0.2) is 42.2 Å². The first kappa shape index (κ1) is 22.1. The highest BCUT2D eigenvalue weighted by Gasteiger charge is 2.38. The number of likely N-dealkylation sites (tertiary alicyclic amines) is 1. The van der Waals surface area contributed by atoms with Crippen molar-refractivity contribution in [3.05, 3.63) is 92.9 Å². The van der Waals surface area contributed by atoms with Crippen molar-refractivity contribution in [2.24, 2.45) is 5.92 Å². The van der Waals surface area contributed by atoms with E-state index in [1.807, 2.05) is 64.1 Å². The normalized spacial score (nSPS) is 22.3. The predicted molar refractivity (Wildman–Crippen MR) is 138 cm³/mol. The van der Waals surface area contributed by atoms with Gasteiger partial charge in [-0.3, -0.25) is 19.4 Å². The molecule has 0 N–H and O–H groups in total. The van der Waals surface area contributed by atoms with Crippen molar-refractivity contribution in [3.8, 4) is 5.75 Å². The van der Waals surface area contributed by atoms with Crippen LogP contribution in [-0.2, 0) is 11.3 Å². The van der Waals surface area contributed by atoms with E-state index in [-0.39, 0.29) is 11.5 Å². The van der Waals surface area contributed by atoms with Crippen LogP contribution in [0.25, 0.3) is 11.6 Å². The zero-order valence-corrected chi connectivity index (χ0v) is 20.2. The van der Waals surface area contributed by atoms with Gasteiger partial charge in [-0.05, 0) is 54.3 Å². The monoisotopic (exact) mass is 487 g/mol. The number of carbonyl (C=O) groups excluding carboxylic acids is 1. The molecular weight excluding hydrogens is 462 g/mol. The van der Waals surface area contributed by atoms with Crippen molar-refractivity contribution in [1.82, 2.24) is 9.47 Å². The van der Waals surface area contributed by atoms with E-state index in [0.29, 0.717) is 29.1 Å². The van der Waals surface area contributed by atoms with E-state index in [1.165, 1.54) is 0 Å². The van der Waals surface area contributed by atoms with Crippen LogP contribution in [0.3, 0.4) is 0 Å². The Morgan fingerprint density at radius 3 is 2.66 bits per heavy atom. The molecule has 0 saturated carbocycles. The van der Waals surface area contributed by atoms with Gasteiger partial charge in [0.25, 0.3) is 11.5 Å². The van der Waals surface area contributed by atoms with Gasteiger partial charge < -0.3 is 9.30 Å². The second kappa shape index (κ2) is 8.70. The quantitative estimate of drug-likeness (QED) is 0.509. The average molecular weight is 488 g/mol. The number of anilines is 1. The second-order valence-corrected chi connectivity index (χ2v) is 10.0. The third-order valence-electron chi connectivity index (χ3n) is 7.34. The maximum Gasteiger partial charge on any atom is 0.260 e. The number of nitrogens with zero attached hydrogens (tertiary/aromatic N) is 3. The Morgan fingerprint density at radius 2 is 1.86 bits per heavy atom. The number of hydrogen-bond donors (Lipinski definition) is 0. The van der Waals surface area contributed by atoms with Gasteiger partial charge in [0.1, 0.15) is 5.75 Å². The molecule has 1 fully saturated rings. The molecule has 1 amide bonds. The van der Waals surface area contributed by atoms with Crippen molar-refractivity contribution < 1.29 is 9.53 Å². The lowest BCUT2D eigenvalue weighted by Crippen LogP contribution is -2.50. The first-order valence-electron chi connectivity index (χ1n) is 11.9. The van der Waals surface area contributed by atoms with E-state index in [0.717, 1.165) is 54.3 Å². The number of ether oxygens (including phenoxy) is 1. The van der Waals surface area contributed by atoms with Crippen molar-refractivity contribution in [1.29, 1.82) is 0 Å². The molecule has 2 aromatic carbocycles. The third kappa shape index (κ3) is 3.97. The highest BCUT2D eigenvalue weighted by Crippen LogP contribution is 2.41. The van der Waals surface area contributed by atoms with Crippen LogP contribution in [0, 0.1) is 5.92 Å². The smallest absolute Gasteiger partial charge is 0.260 e. The van der Waals surface area contributed by atoms with Gasteiger partial charge in [0.2, 0.25) is 0 Å². The first-order chi connectivity index (χ1) is 17.0. The van der Waals surface area contributed by atoms with Crippen LogP contribution in [0.1, 0.15) is 29.2 Å². The van der Waals surface area contributed by atoms with Crippen LogP contribution < -0.4 is 15.2 Å². The number of amides is 1. The zero-order valence-electron chi connectivity index (χ0n) is 19.5. The topological polar surface area (TPSA) is 54.8 Å². The number of hydrogen-bond acceptors (Lipinski definition) is 4. The minimum absolute atomic E-state index is 0.0227. The lowest BCUT2D eigenvalue weighted by molar-refractivity contribution is -0.113. The van der Waals surface area contributed by atoms with Crippen LogP contribution in [0.4, 0.5) is 5.69 Å². The lowest BCUT2D eigenvalue weighted by Gasteiger charge is -2.43. The Hall–Kier alpha value is -3.35. The lowest BCUT2D eigenvalue weighted by atomic mass is 9.83. The summed E-state index contributed by atoms with van der Waals surface area (Å²) in [5, 5.41) is 0.607. The molecule has 7 heteroatoms. The van der Waals surface area contributed by atoms with E-state index in [1.54, 1.807) is 13.2 Å². The molecule has 0 spiro atoms. The van der Waals surface area contributed by atoms with E-state index in [4.69, 9.17) is 16.3 Å². The number of benzene rings is 2. The molecule has 4 heterocycles. The summed E-state index contributed by atoms with van der Waals surface area (Å²) >= 11 is 6.35. The first-order valence-corrected chi connectivity index (χ1v) is 12.3. The van der Waals surface area contributed by atoms with E-state index in [9.17, 15) is 9.59 Å². The average Bonchev–Trinajstić information content (AvgIpc) is 3.10. The fraction of sp³-hybridized carbons (Fsp3) is 0.286. The highest BCUT2D eigenvalue weighted by atomic mass is 35.5. The maximum atomic E-state index is 13.7. The van der Waals surface area contributed by atoms with Crippen LogP contribution in [0.2, 0.25) is 5.02 Å². The van der Waals surface area contributed by atoms with Gasteiger partial charge in [0.05, 0.1) is 19.5 Å². The molecule has 0 aliphatic carbocycles. The standard InChI is InChI=1S/C28H26ClN3O3/c1-35-22-8-5-18(6-9-22)12-24-23-10-7-21(29)13-26(23)32(28(24)34)17-30-14-19-11-20(16-30)25-3-2-4-27(33)31(25)15-19/h2-10,12-13,19-20H,11,14-17H2,1H3/b24-12-/t19-,20+/m1/s1. The molecule has 2 bridgehead atoms. The Bertz CT molecular complexity index is 1400. The molecule has 6 nitrogen and oxygen atoms in total. The fourth-order valence-corrected chi connectivity index (χ4v) is 5.95. The molecule has 0 unspecified atom stereocenters. The summed E-state index contributed by atoms with van der Waals surface area (Å²) in [5.41, 5.74) is 4.52. The van der Waals surface area contributed by atoms with E-state index >= 15 is 0 Å². The number of aromatic nitrogens is 1.